The minimum atomic E-state index is -0.376. The van der Waals surface area contributed by atoms with Gasteiger partial charge in [-0.25, -0.2) is 0 Å². The van der Waals surface area contributed by atoms with Crippen LogP contribution in [0.4, 0.5) is 5.69 Å². The molecule has 0 unspecified atom stereocenters. The van der Waals surface area contributed by atoms with Gasteiger partial charge in [0, 0.05) is 5.56 Å². The van der Waals surface area contributed by atoms with Crippen molar-refractivity contribution in [3.8, 4) is 11.4 Å². The van der Waals surface area contributed by atoms with Crippen LogP contribution in [0.25, 0.3) is 11.4 Å². The molecule has 0 aliphatic rings. The van der Waals surface area contributed by atoms with Crippen molar-refractivity contribution < 1.29 is 14.0 Å². The molecule has 2 amide bonds. The SMILES string of the molecule is Cc1ccc(-c2nnn(CC(=O)Nc3ccccc3C(=O)NCc3ccco3)n2)cc1. The van der Waals surface area contributed by atoms with E-state index in [-0.39, 0.29) is 24.9 Å². The maximum Gasteiger partial charge on any atom is 0.253 e. The van der Waals surface area contributed by atoms with Gasteiger partial charge in [0.1, 0.15) is 12.3 Å². The molecule has 156 valence electrons. The normalized spacial score (nSPS) is 10.6. The largest absolute Gasteiger partial charge is 0.467 e. The number of rotatable bonds is 7. The van der Waals surface area contributed by atoms with E-state index in [4.69, 9.17) is 4.42 Å². The summed E-state index contributed by atoms with van der Waals surface area (Å²) in [5, 5.41) is 17.7. The average molecular weight is 416 g/mol. The van der Waals surface area contributed by atoms with Crippen LogP contribution in [0.5, 0.6) is 0 Å². The first-order chi connectivity index (χ1) is 15.1. The molecular weight excluding hydrogens is 396 g/mol. The Morgan fingerprint density at radius 1 is 1.03 bits per heavy atom. The highest BCUT2D eigenvalue weighted by atomic mass is 16.3. The molecule has 2 aromatic heterocycles. The number of aryl methyl sites for hydroxylation is 1. The van der Waals surface area contributed by atoms with Gasteiger partial charge in [0.25, 0.3) is 5.91 Å². The van der Waals surface area contributed by atoms with Gasteiger partial charge in [0.15, 0.2) is 0 Å². The fourth-order valence-electron chi connectivity index (χ4n) is 2.91. The van der Waals surface area contributed by atoms with E-state index in [9.17, 15) is 9.59 Å². The molecule has 0 saturated heterocycles. The van der Waals surface area contributed by atoms with E-state index >= 15 is 0 Å². The van der Waals surface area contributed by atoms with Crippen LogP contribution in [0, 0.1) is 6.92 Å². The standard InChI is InChI=1S/C22H20N6O3/c1-15-8-10-16(11-9-15)21-25-27-28(26-21)14-20(29)24-19-7-3-2-6-18(19)22(30)23-13-17-5-4-12-31-17/h2-12H,13-14H2,1H3,(H,23,30)(H,24,29). The number of carbonyl (C=O) groups excluding carboxylic acids is 2. The van der Waals surface area contributed by atoms with E-state index in [2.05, 4.69) is 26.0 Å². The van der Waals surface area contributed by atoms with E-state index in [0.29, 0.717) is 22.8 Å². The van der Waals surface area contributed by atoms with Crippen molar-refractivity contribution >= 4 is 17.5 Å². The molecule has 2 heterocycles. The van der Waals surface area contributed by atoms with E-state index < -0.39 is 0 Å². The van der Waals surface area contributed by atoms with E-state index in [1.54, 1.807) is 36.4 Å². The number of amides is 2. The lowest BCUT2D eigenvalue weighted by atomic mass is 10.1. The summed E-state index contributed by atoms with van der Waals surface area (Å²) in [6.07, 6.45) is 1.54. The van der Waals surface area contributed by atoms with Crippen molar-refractivity contribution in [1.82, 2.24) is 25.5 Å². The Bertz CT molecular complexity index is 1180. The molecule has 0 atom stereocenters. The van der Waals surface area contributed by atoms with Crippen molar-refractivity contribution in [3.05, 3.63) is 83.8 Å². The molecule has 9 nitrogen and oxygen atoms in total. The number of furan rings is 1. The maximum atomic E-state index is 12.5. The first kappa shape index (κ1) is 20.0. The lowest BCUT2D eigenvalue weighted by Crippen LogP contribution is -2.26. The number of hydrogen-bond acceptors (Lipinski definition) is 6. The third kappa shape index (κ3) is 5.02. The number of anilines is 1. The Balaban J connectivity index is 1.40. The fraction of sp³-hybridized carbons (Fsp3) is 0.136. The Morgan fingerprint density at radius 2 is 1.84 bits per heavy atom. The Hall–Kier alpha value is -4.27. The lowest BCUT2D eigenvalue weighted by molar-refractivity contribution is -0.117. The molecule has 0 bridgehead atoms. The molecule has 0 aliphatic carbocycles. The highest BCUT2D eigenvalue weighted by Gasteiger charge is 2.15. The second-order valence-corrected chi connectivity index (χ2v) is 6.87. The first-order valence-electron chi connectivity index (χ1n) is 9.63. The second-order valence-electron chi connectivity index (χ2n) is 6.87. The van der Waals surface area contributed by atoms with Crippen LogP contribution in [-0.4, -0.2) is 32.0 Å². The van der Waals surface area contributed by atoms with Crippen LogP contribution in [0.15, 0.2) is 71.3 Å². The van der Waals surface area contributed by atoms with Crippen molar-refractivity contribution in [2.24, 2.45) is 0 Å². The summed E-state index contributed by atoms with van der Waals surface area (Å²) >= 11 is 0. The van der Waals surface area contributed by atoms with Crippen LogP contribution < -0.4 is 10.6 Å². The number of para-hydroxylation sites is 1. The molecule has 4 aromatic rings. The van der Waals surface area contributed by atoms with Gasteiger partial charge in [-0.2, -0.15) is 4.80 Å². The average Bonchev–Trinajstić information content (AvgIpc) is 3.45. The predicted molar refractivity (Wildman–Crippen MR) is 113 cm³/mol. The molecule has 2 N–H and O–H groups in total. The monoisotopic (exact) mass is 416 g/mol. The Kier molecular flexibility index (Phi) is 5.84. The fourth-order valence-corrected chi connectivity index (χ4v) is 2.91. The summed E-state index contributed by atoms with van der Waals surface area (Å²) in [4.78, 5) is 26.3. The van der Waals surface area contributed by atoms with Gasteiger partial charge in [0.05, 0.1) is 24.1 Å². The topological polar surface area (TPSA) is 115 Å². The van der Waals surface area contributed by atoms with Crippen molar-refractivity contribution in [2.45, 2.75) is 20.0 Å². The zero-order valence-corrected chi connectivity index (χ0v) is 16.8. The van der Waals surface area contributed by atoms with Gasteiger partial charge < -0.3 is 15.1 Å². The number of carbonyl (C=O) groups is 2. The number of aromatic nitrogens is 4. The summed E-state index contributed by atoms with van der Waals surface area (Å²) in [5.41, 5.74) is 2.68. The predicted octanol–water partition coefficient (Wildman–Crippen LogP) is 2.81. The lowest BCUT2D eigenvalue weighted by Gasteiger charge is -2.10. The van der Waals surface area contributed by atoms with Gasteiger partial charge in [-0.05, 0) is 36.4 Å². The Morgan fingerprint density at radius 3 is 2.61 bits per heavy atom. The first-order valence-corrected chi connectivity index (χ1v) is 9.63. The minimum Gasteiger partial charge on any atom is -0.467 e. The van der Waals surface area contributed by atoms with Crippen LogP contribution in [0.1, 0.15) is 21.7 Å². The number of nitrogens with zero attached hydrogens (tertiary/aromatic N) is 4. The molecule has 2 aromatic carbocycles. The summed E-state index contributed by atoms with van der Waals surface area (Å²) < 4.78 is 5.21. The molecular formula is C22H20N6O3. The summed E-state index contributed by atoms with van der Waals surface area (Å²) in [6.45, 7) is 2.10. The number of tetrazole rings is 1. The zero-order valence-electron chi connectivity index (χ0n) is 16.8. The minimum absolute atomic E-state index is 0.138. The van der Waals surface area contributed by atoms with Crippen LogP contribution in [0.2, 0.25) is 0 Å². The summed E-state index contributed by atoms with van der Waals surface area (Å²) in [5.74, 6) is 0.369. The third-order valence-electron chi connectivity index (χ3n) is 4.50. The number of hydrogen-bond donors (Lipinski definition) is 2. The van der Waals surface area contributed by atoms with Crippen LogP contribution in [0.3, 0.4) is 0 Å². The smallest absolute Gasteiger partial charge is 0.253 e. The molecule has 4 rings (SSSR count). The zero-order chi connectivity index (χ0) is 21.6. The van der Waals surface area contributed by atoms with Gasteiger partial charge in [-0.1, -0.05) is 42.0 Å². The Labute approximate surface area is 178 Å². The van der Waals surface area contributed by atoms with E-state index in [1.807, 2.05) is 31.2 Å². The quantitative estimate of drug-likeness (QED) is 0.479. The molecule has 0 spiro atoms. The van der Waals surface area contributed by atoms with Gasteiger partial charge >= 0.3 is 0 Å². The molecule has 0 radical (unpaired) electrons. The molecule has 0 aliphatic heterocycles. The molecule has 0 saturated carbocycles. The summed E-state index contributed by atoms with van der Waals surface area (Å²) in [6, 6.07) is 18.0. The van der Waals surface area contributed by atoms with E-state index in [0.717, 1.165) is 11.1 Å². The third-order valence-corrected chi connectivity index (χ3v) is 4.50. The molecule has 0 fully saturated rings. The number of benzene rings is 2. The van der Waals surface area contributed by atoms with Crippen molar-refractivity contribution in [3.63, 3.8) is 0 Å². The number of nitrogens with one attached hydrogen (secondary N) is 2. The van der Waals surface area contributed by atoms with Gasteiger partial charge in [-0.15, -0.1) is 10.2 Å². The molecule has 9 heteroatoms. The summed E-state index contributed by atoms with van der Waals surface area (Å²) in [7, 11) is 0. The van der Waals surface area contributed by atoms with Crippen LogP contribution in [-0.2, 0) is 17.9 Å². The maximum absolute atomic E-state index is 12.5. The second kappa shape index (κ2) is 9.04. The van der Waals surface area contributed by atoms with Gasteiger partial charge in [-0.3, -0.25) is 9.59 Å². The van der Waals surface area contributed by atoms with Gasteiger partial charge in [0.2, 0.25) is 11.7 Å². The van der Waals surface area contributed by atoms with Crippen LogP contribution >= 0.6 is 0 Å². The van der Waals surface area contributed by atoms with E-state index in [1.165, 1.54) is 11.1 Å². The van der Waals surface area contributed by atoms with Crippen molar-refractivity contribution in [1.29, 1.82) is 0 Å². The highest BCUT2D eigenvalue weighted by molar-refractivity contribution is 6.03. The highest BCUT2D eigenvalue weighted by Crippen LogP contribution is 2.16. The molecule has 31 heavy (non-hydrogen) atoms. The van der Waals surface area contributed by atoms with Crippen molar-refractivity contribution in [2.75, 3.05) is 5.32 Å².